The SMILES string of the molecule is COc1ccc(CN2C(=S)N[C@@H](c3ccccn3)[C@H]2c2cc(C)[nH]c2C)cc1. The molecule has 2 N–H and O–H groups in total. The minimum atomic E-state index is 0.000786. The van der Waals surface area contributed by atoms with Crippen LogP contribution in [0.1, 0.15) is 40.3 Å². The fourth-order valence-corrected chi connectivity index (χ4v) is 4.20. The van der Waals surface area contributed by atoms with Crippen molar-refractivity contribution < 1.29 is 4.74 Å². The van der Waals surface area contributed by atoms with Gasteiger partial charge in [0.05, 0.1) is 24.9 Å². The summed E-state index contributed by atoms with van der Waals surface area (Å²) in [7, 11) is 1.68. The van der Waals surface area contributed by atoms with E-state index in [9.17, 15) is 0 Å². The van der Waals surface area contributed by atoms with Crippen LogP contribution in [0.25, 0.3) is 0 Å². The van der Waals surface area contributed by atoms with Crippen molar-refractivity contribution in [3.8, 4) is 5.75 Å². The molecule has 1 saturated heterocycles. The third-order valence-electron chi connectivity index (χ3n) is 5.22. The molecule has 5 nitrogen and oxygen atoms in total. The number of benzene rings is 1. The number of pyridine rings is 1. The van der Waals surface area contributed by atoms with Gasteiger partial charge in [-0.15, -0.1) is 0 Å². The Morgan fingerprint density at radius 1 is 1.14 bits per heavy atom. The van der Waals surface area contributed by atoms with Gasteiger partial charge < -0.3 is 19.9 Å². The molecule has 0 unspecified atom stereocenters. The van der Waals surface area contributed by atoms with Crippen molar-refractivity contribution >= 4 is 17.3 Å². The summed E-state index contributed by atoms with van der Waals surface area (Å²) in [6.07, 6.45) is 1.83. The van der Waals surface area contributed by atoms with Crippen molar-refractivity contribution in [1.29, 1.82) is 0 Å². The van der Waals surface area contributed by atoms with Crippen molar-refractivity contribution in [1.82, 2.24) is 20.2 Å². The van der Waals surface area contributed by atoms with Crippen LogP contribution in [0.4, 0.5) is 0 Å². The number of aromatic amines is 1. The van der Waals surface area contributed by atoms with E-state index in [0.717, 1.165) is 27.9 Å². The molecule has 0 amide bonds. The van der Waals surface area contributed by atoms with Crippen LogP contribution in [-0.4, -0.2) is 27.1 Å². The maximum absolute atomic E-state index is 5.74. The Kier molecular flexibility index (Phi) is 5.05. The third-order valence-corrected chi connectivity index (χ3v) is 5.57. The fraction of sp³-hybridized carbons (Fsp3) is 0.273. The van der Waals surface area contributed by atoms with Crippen LogP contribution in [0, 0.1) is 13.8 Å². The van der Waals surface area contributed by atoms with Gasteiger partial charge in [0.2, 0.25) is 0 Å². The quantitative estimate of drug-likeness (QED) is 0.637. The van der Waals surface area contributed by atoms with Gasteiger partial charge in [0.15, 0.2) is 5.11 Å². The molecule has 1 aromatic carbocycles. The lowest BCUT2D eigenvalue weighted by molar-refractivity contribution is 0.310. The zero-order valence-corrected chi connectivity index (χ0v) is 17.1. The molecule has 1 aliphatic heterocycles. The average Bonchev–Trinajstić information content (AvgIpc) is 3.21. The maximum Gasteiger partial charge on any atom is 0.170 e. The van der Waals surface area contributed by atoms with E-state index in [4.69, 9.17) is 17.0 Å². The summed E-state index contributed by atoms with van der Waals surface area (Å²) in [5.41, 5.74) is 5.73. The highest BCUT2D eigenvalue weighted by Crippen LogP contribution is 2.40. The van der Waals surface area contributed by atoms with Gasteiger partial charge in [-0.2, -0.15) is 0 Å². The average molecular weight is 393 g/mol. The van der Waals surface area contributed by atoms with E-state index in [1.54, 1.807) is 7.11 Å². The first-order valence-corrected chi connectivity index (χ1v) is 9.74. The number of nitrogens with zero attached hydrogens (tertiary/aromatic N) is 2. The molecule has 2 aromatic heterocycles. The molecule has 1 aliphatic rings. The lowest BCUT2D eigenvalue weighted by atomic mass is 9.96. The standard InChI is InChI=1S/C22H24N4OS/c1-14-12-18(15(2)24-14)21-20(19-6-4-5-11-23-19)25-22(28)26(21)13-16-7-9-17(27-3)10-8-16/h4-12,20-21,24H,13H2,1-3H3,(H,25,28)/t20-,21+/m0/s1. The summed E-state index contributed by atoms with van der Waals surface area (Å²) in [5, 5.41) is 4.25. The number of hydrogen-bond donors (Lipinski definition) is 2. The molecule has 4 rings (SSSR count). The molecule has 0 radical (unpaired) electrons. The molecule has 3 aromatic rings. The number of rotatable bonds is 5. The van der Waals surface area contributed by atoms with Crippen LogP contribution in [0.15, 0.2) is 54.7 Å². The number of thiocarbonyl (C=S) groups is 1. The summed E-state index contributed by atoms with van der Waals surface area (Å²) in [5.74, 6) is 0.853. The number of methoxy groups -OCH3 is 1. The number of nitrogens with one attached hydrogen (secondary N) is 2. The monoisotopic (exact) mass is 392 g/mol. The Balaban J connectivity index is 1.72. The molecule has 3 heterocycles. The minimum Gasteiger partial charge on any atom is -0.497 e. The molecule has 0 aliphatic carbocycles. The largest absolute Gasteiger partial charge is 0.497 e. The fourth-order valence-electron chi connectivity index (χ4n) is 3.89. The molecule has 6 heteroatoms. The molecule has 2 atom stereocenters. The van der Waals surface area contributed by atoms with Gasteiger partial charge in [-0.3, -0.25) is 4.98 Å². The summed E-state index contributed by atoms with van der Waals surface area (Å²) in [6.45, 7) is 4.92. The van der Waals surface area contributed by atoms with Crippen molar-refractivity contribution in [3.63, 3.8) is 0 Å². The van der Waals surface area contributed by atoms with Crippen molar-refractivity contribution in [2.45, 2.75) is 32.5 Å². The number of aromatic nitrogens is 2. The van der Waals surface area contributed by atoms with E-state index < -0.39 is 0 Å². The van der Waals surface area contributed by atoms with E-state index in [2.05, 4.69) is 58.3 Å². The molecular formula is C22H24N4OS. The van der Waals surface area contributed by atoms with Crippen molar-refractivity contribution in [2.24, 2.45) is 0 Å². The first-order chi connectivity index (χ1) is 13.6. The molecule has 0 spiro atoms. The van der Waals surface area contributed by atoms with Gasteiger partial charge in [0, 0.05) is 24.1 Å². The van der Waals surface area contributed by atoms with Crippen LogP contribution in [0.5, 0.6) is 5.75 Å². The van der Waals surface area contributed by atoms with Gasteiger partial charge in [-0.1, -0.05) is 18.2 Å². The number of ether oxygens (including phenoxy) is 1. The zero-order chi connectivity index (χ0) is 19.7. The Hall–Kier alpha value is -2.86. The Bertz CT molecular complexity index is 968. The van der Waals surface area contributed by atoms with E-state index in [-0.39, 0.29) is 12.1 Å². The minimum absolute atomic E-state index is 0.000786. The first-order valence-electron chi connectivity index (χ1n) is 9.34. The van der Waals surface area contributed by atoms with Crippen molar-refractivity contribution in [3.05, 3.63) is 82.9 Å². The Morgan fingerprint density at radius 3 is 2.54 bits per heavy atom. The summed E-state index contributed by atoms with van der Waals surface area (Å²) in [6, 6.07) is 16.4. The van der Waals surface area contributed by atoms with Crippen LogP contribution in [0.2, 0.25) is 0 Å². The third kappa shape index (κ3) is 3.47. The van der Waals surface area contributed by atoms with E-state index in [0.29, 0.717) is 6.54 Å². The van der Waals surface area contributed by atoms with Crippen LogP contribution >= 0.6 is 12.2 Å². The summed E-state index contributed by atoms with van der Waals surface area (Å²) >= 11 is 5.74. The van der Waals surface area contributed by atoms with Crippen LogP contribution < -0.4 is 10.1 Å². The van der Waals surface area contributed by atoms with Gasteiger partial charge >= 0.3 is 0 Å². The number of hydrogen-bond acceptors (Lipinski definition) is 3. The maximum atomic E-state index is 5.74. The second-order valence-corrected chi connectivity index (χ2v) is 7.52. The van der Waals surface area contributed by atoms with E-state index >= 15 is 0 Å². The predicted molar refractivity (Wildman–Crippen MR) is 114 cm³/mol. The second-order valence-electron chi connectivity index (χ2n) is 7.14. The molecule has 144 valence electrons. The molecule has 0 saturated carbocycles. The first kappa shape index (κ1) is 18.5. The lowest BCUT2D eigenvalue weighted by Gasteiger charge is -2.28. The van der Waals surface area contributed by atoms with Gasteiger partial charge in [-0.25, -0.2) is 0 Å². The molecule has 0 bridgehead atoms. The van der Waals surface area contributed by atoms with E-state index in [1.807, 2.05) is 30.5 Å². The topological polar surface area (TPSA) is 53.2 Å². The van der Waals surface area contributed by atoms with Crippen LogP contribution in [0.3, 0.4) is 0 Å². The van der Waals surface area contributed by atoms with Gasteiger partial charge in [0.1, 0.15) is 5.75 Å². The molecule has 28 heavy (non-hydrogen) atoms. The second kappa shape index (κ2) is 7.64. The summed E-state index contributed by atoms with van der Waals surface area (Å²) < 4.78 is 5.28. The number of aryl methyl sites for hydroxylation is 2. The lowest BCUT2D eigenvalue weighted by Crippen LogP contribution is -2.29. The Morgan fingerprint density at radius 2 is 1.93 bits per heavy atom. The Labute approximate surface area is 170 Å². The zero-order valence-electron chi connectivity index (χ0n) is 16.3. The highest BCUT2D eigenvalue weighted by molar-refractivity contribution is 7.80. The predicted octanol–water partition coefficient (Wildman–Crippen LogP) is 4.21. The van der Waals surface area contributed by atoms with Gasteiger partial charge in [0.25, 0.3) is 0 Å². The van der Waals surface area contributed by atoms with Gasteiger partial charge in [-0.05, 0) is 67.5 Å². The normalized spacial score (nSPS) is 19.0. The molecule has 1 fully saturated rings. The van der Waals surface area contributed by atoms with Crippen LogP contribution in [-0.2, 0) is 6.54 Å². The molecular weight excluding hydrogens is 368 g/mol. The van der Waals surface area contributed by atoms with Crippen molar-refractivity contribution in [2.75, 3.05) is 7.11 Å². The smallest absolute Gasteiger partial charge is 0.170 e. The summed E-state index contributed by atoms with van der Waals surface area (Å²) in [4.78, 5) is 10.3. The number of H-pyrrole nitrogens is 1. The van der Waals surface area contributed by atoms with E-state index in [1.165, 1.54) is 11.1 Å². The highest BCUT2D eigenvalue weighted by atomic mass is 32.1. The highest BCUT2D eigenvalue weighted by Gasteiger charge is 2.40.